The maximum absolute atomic E-state index is 11.2. The zero-order valence-corrected chi connectivity index (χ0v) is 12.5. The molecule has 2 rings (SSSR count). The molecule has 0 radical (unpaired) electrons. The van der Waals surface area contributed by atoms with Crippen molar-refractivity contribution in [3.05, 3.63) is 58.9 Å². The van der Waals surface area contributed by atoms with Crippen LogP contribution in [-0.4, -0.2) is 15.6 Å². The van der Waals surface area contributed by atoms with Gasteiger partial charge in [-0.15, -0.1) is 0 Å². The van der Waals surface area contributed by atoms with Crippen LogP contribution in [0.3, 0.4) is 0 Å². The Bertz CT molecular complexity index is 615. The lowest BCUT2D eigenvalue weighted by molar-refractivity contribution is 0.0685. The molecule has 1 N–H and O–H groups in total. The Morgan fingerprint density at radius 3 is 2.20 bits per heavy atom. The van der Waals surface area contributed by atoms with Crippen molar-refractivity contribution >= 4 is 5.97 Å². The quantitative estimate of drug-likeness (QED) is 0.921. The van der Waals surface area contributed by atoms with E-state index in [0.29, 0.717) is 12.2 Å². The second-order valence-electron chi connectivity index (χ2n) is 6.20. The van der Waals surface area contributed by atoms with E-state index in [1.165, 1.54) is 5.56 Å². The monoisotopic (exact) mass is 271 g/mol. The number of carbonyl (C=O) groups is 1. The summed E-state index contributed by atoms with van der Waals surface area (Å²) in [5, 5.41) is 9.19. The van der Waals surface area contributed by atoms with E-state index >= 15 is 0 Å². The van der Waals surface area contributed by atoms with Gasteiger partial charge in [-0.25, -0.2) is 4.79 Å². The first-order chi connectivity index (χ1) is 9.29. The van der Waals surface area contributed by atoms with Gasteiger partial charge in [0.1, 0.15) is 5.69 Å². The third-order valence-electron chi connectivity index (χ3n) is 3.58. The molecule has 1 heterocycles. The Morgan fingerprint density at radius 1 is 1.10 bits per heavy atom. The van der Waals surface area contributed by atoms with Crippen LogP contribution in [0.1, 0.15) is 48.1 Å². The Hall–Kier alpha value is -2.03. The number of aromatic nitrogens is 1. The maximum atomic E-state index is 11.2. The molecule has 106 valence electrons. The number of carboxylic acids is 1. The molecule has 3 nitrogen and oxygen atoms in total. The molecule has 0 aliphatic heterocycles. The fraction of sp³-hybridized carbons (Fsp3) is 0.353. The molecule has 0 fully saturated rings. The van der Waals surface area contributed by atoms with Crippen molar-refractivity contribution in [2.24, 2.45) is 0 Å². The van der Waals surface area contributed by atoms with Gasteiger partial charge in [-0.05, 0) is 35.6 Å². The van der Waals surface area contributed by atoms with Crippen LogP contribution >= 0.6 is 0 Å². The summed E-state index contributed by atoms with van der Waals surface area (Å²) in [4.78, 5) is 11.2. The number of carboxylic acid groups (broad SMARTS) is 1. The van der Waals surface area contributed by atoms with E-state index in [1.807, 2.05) is 17.6 Å². The Balaban J connectivity index is 2.27. The minimum Gasteiger partial charge on any atom is -0.477 e. The Morgan fingerprint density at radius 2 is 1.70 bits per heavy atom. The van der Waals surface area contributed by atoms with Crippen LogP contribution in [0, 0.1) is 6.92 Å². The van der Waals surface area contributed by atoms with Gasteiger partial charge in [0.2, 0.25) is 0 Å². The molecule has 0 spiro atoms. The second-order valence-corrected chi connectivity index (χ2v) is 6.20. The minimum atomic E-state index is -0.885. The van der Waals surface area contributed by atoms with Gasteiger partial charge < -0.3 is 9.67 Å². The van der Waals surface area contributed by atoms with Gasteiger partial charge >= 0.3 is 5.97 Å². The molecule has 3 heteroatoms. The van der Waals surface area contributed by atoms with E-state index in [1.54, 1.807) is 6.07 Å². The van der Waals surface area contributed by atoms with Crippen LogP contribution in [0.5, 0.6) is 0 Å². The Labute approximate surface area is 119 Å². The van der Waals surface area contributed by atoms with E-state index < -0.39 is 5.97 Å². The summed E-state index contributed by atoms with van der Waals surface area (Å²) in [5.41, 5.74) is 3.82. The van der Waals surface area contributed by atoms with Crippen molar-refractivity contribution < 1.29 is 9.90 Å². The average Bonchev–Trinajstić information content (AvgIpc) is 2.71. The number of nitrogens with zero attached hydrogens (tertiary/aromatic N) is 1. The zero-order valence-electron chi connectivity index (χ0n) is 12.5. The highest BCUT2D eigenvalue weighted by molar-refractivity contribution is 5.86. The van der Waals surface area contributed by atoms with Gasteiger partial charge in [0.15, 0.2) is 0 Å². The Kier molecular flexibility index (Phi) is 3.71. The molecule has 1 aromatic heterocycles. The lowest BCUT2D eigenvalue weighted by Crippen LogP contribution is -2.12. The molecule has 0 saturated carbocycles. The predicted octanol–water partition coefficient (Wildman–Crippen LogP) is 3.84. The lowest BCUT2D eigenvalue weighted by atomic mass is 9.87. The first-order valence-corrected chi connectivity index (χ1v) is 6.78. The molecule has 2 aromatic rings. The fourth-order valence-electron chi connectivity index (χ4n) is 2.26. The van der Waals surface area contributed by atoms with Crippen molar-refractivity contribution in [1.29, 1.82) is 0 Å². The van der Waals surface area contributed by atoms with Gasteiger partial charge in [0.05, 0.1) is 0 Å². The third kappa shape index (κ3) is 2.93. The summed E-state index contributed by atoms with van der Waals surface area (Å²) >= 11 is 0. The van der Waals surface area contributed by atoms with Crippen molar-refractivity contribution in [2.75, 3.05) is 0 Å². The molecule has 0 atom stereocenters. The van der Waals surface area contributed by atoms with Crippen LogP contribution in [0.4, 0.5) is 0 Å². The summed E-state index contributed by atoms with van der Waals surface area (Å²) in [6.07, 6.45) is 0. The summed E-state index contributed by atoms with van der Waals surface area (Å²) in [6, 6.07) is 11.9. The second kappa shape index (κ2) is 5.16. The topological polar surface area (TPSA) is 42.2 Å². The number of aryl methyl sites for hydroxylation is 1. The molecule has 0 aliphatic carbocycles. The normalized spacial score (nSPS) is 11.6. The van der Waals surface area contributed by atoms with E-state index in [0.717, 1.165) is 11.3 Å². The lowest BCUT2D eigenvalue weighted by Gasteiger charge is -2.19. The van der Waals surface area contributed by atoms with E-state index in [9.17, 15) is 9.90 Å². The highest BCUT2D eigenvalue weighted by atomic mass is 16.4. The van der Waals surface area contributed by atoms with Gasteiger partial charge in [-0.3, -0.25) is 0 Å². The van der Waals surface area contributed by atoms with Crippen molar-refractivity contribution in [3.8, 4) is 0 Å². The number of hydrogen-bond acceptors (Lipinski definition) is 1. The highest BCUT2D eigenvalue weighted by Gasteiger charge is 2.14. The minimum absolute atomic E-state index is 0.133. The van der Waals surface area contributed by atoms with Crippen LogP contribution in [0.15, 0.2) is 36.4 Å². The van der Waals surface area contributed by atoms with Crippen LogP contribution in [0.2, 0.25) is 0 Å². The average molecular weight is 271 g/mol. The summed E-state index contributed by atoms with van der Waals surface area (Å²) in [5.74, 6) is -0.885. The summed E-state index contributed by atoms with van der Waals surface area (Å²) in [7, 11) is 0. The number of hydrogen-bond donors (Lipinski definition) is 1. The maximum Gasteiger partial charge on any atom is 0.352 e. The number of aromatic carboxylic acids is 1. The molecular weight excluding hydrogens is 250 g/mol. The van der Waals surface area contributed by atoms with Gasteiger partial charge in [0.25, 0.3) is 0 Å². The van der Waals surface area contributed by atoms with Gasteiger partial charge in [0, 0.05) is 12.2 Å². The van der Waals surface area contributed by atoms with Gasteiger partial charge in [-0.2, -0.15) is 0 Å². The third-order valence-corrected chi connectivity index (χ3v) is 3.58. The standard InChI is InChI=1S/C17H21NO2/c1-12-5-10-15(16(19)20)18(12)11-13-6-8-14(9-7-13)17(2,3)4/h5-10H,11H2,1-4H3,(H,19,20). The smallest absolute Gasteiger partial charge is 0.352 e. The van der Waals surface area contributed by atoms with Crippen LogP contribution in [-0.2, 0) is 12.0 Å². The number of benzene rings is 1. The van der Waals surface area contributed by atoms with Gasteiger partial charge in [-0.1, -0.05) is 45.0 Å². The fourth-order valence-corrected chi connectivity index (χ4v) is 2.26. The van der Waals surface area contributed by atoms with E-state index in [2.05, 4.69) is 45.0 Å². The summed E-state index contributed by atoms with van der Waals surface area (Å²) in [6.45, 7) is 9.06. The molecule has 0 bridgehead atoms. The van der Waals surface area contributed by atoms with Crippen molar-refractivity contribution in [3.63, 3.8) is 0 Å². The molecule has 20 heavy (non-hydrogen) atoms. The molecular formula is C17H21NO2. The first kappa shape index (κ1) is 14.4. The van der Waals surface area contributed by atoms with Crippen LogP contribution in [0.25, 0.3) is 0 Å². The van der Waals surface area contributed by atoms with E-state index in [-0.39, 0.29) is 5.41 Å². The predicted molar refractivity (Wildman–Crippen MR) is 80.4 cm³/mol. The van der Waals surface area contributed by atoms with Crippen molar-refractivity contribution in [2.45, 2.75) is 39.7 Å². The SMILES string of the molecule is Cc1ccc(C(=O)O)n1Cc1ccc(C(C)(C)C)cc1. The number of rotatable bonds is 3. The highest BCUT2D eigenvalue weighted by Crippen LogP contribution is 2.22. The van der Waals surface area contributed by atoms with Crippen LogP contribution < -0.4 is 0 Å². The zero-order chi connectivity index (χ0) is 14.9. The van der Waals surface area contributed by atoms with E-state index in [4.69, 9.17) is 0 Å². The molecule has 1 aromatic carbocycles. The summed E-state index contributed by atoms with van der Waals surface area (Å²) < 4.78 is 1.83. The van der Waals surface area contributed by atoms with Crippen molar-refractivity contribution in [1.82, 2.24) is 4.57 Å². The molecule has 0 unspecified atom stereocenters. The molecule has 0 saturated heterocycles. The largest absolute Gasteiger partial charge is 0.477 e. The molecule has 0 amide bonds. The molecule has 0 aliphatic rings. The first-order valence-electron chi connectivity index (χ1n) is 6.78.